The summed E-state index contributed by atoms with van der Waals surface area (Å²) < 4.78 is 11.1. The second-order valence-electron chi connectivity index (χ2n) is 15.3. The summed E-state index contributed by atoms with van der Waals surface area (Å²) in [6.07, 6.45) is 2.94. The Balaban J connectivity index is 1.32. The predicted molar refractivity (Wildman–Crippen MR) is 213 cm³/mol. The Kier molecular flexibility index (Phi) is 9.09. The third-order valence-corrected chi connectivity index (χ3v) is 10.2. The fraction of sp³-hybridized carbons (Fsp3) is 0.304. The molecule has 51 heavy (non-hydrogen) atoms. The molecule has 4 aromatic carbocycles. The second kappa shape index (κ2) is 13.5. The van der Waals surface area contributed by atoms with Crippen molar-refractivity contribution in [3.63, 3.8) is 0 Å². The molecule has 5 nitrogen and oxygen atoms in total. The highest BCUT2D eigenvalue weighted by Gasteiger charge is 2.21. The zero-order valence-corrected chi connectivity index (χ0v) is 31.8. The fourth-order valence-corrected chi connectivity index (χ4v) is 7.68. The van der Waals surface area contributed by atoms with Crippen molar-refractivity contribution in [1.82, 2.24) is 19.3 Å². The largest absolute Gasteiger partial charge is 0.457 e. The number of fused-ring (bicyclic) bond motifs is 3. The number of para-hydroxylation sites is 1. The molecule has 0 amide bonds. The smallest absolute Gasteiger partial charge is 0.137 e. The van der Waals surface area contributed by atoms with E-state index in [-0.39, 0.29) is 0 Å². The normalized spacial score (nSPS) is 11.9. The van der Waals surface area contributed by atoms with Crippen LogP contribution in [0.5, 0.6) is 11.5 Å². The van der Waals surface area contributed by atoms with Gasteiger partial charge in [0.25, 0.3) is 0 Å². The van der Waals surface area contributed by atoms with Gasteiger partial charge in [-0.1, -0.05) is 71.9 Å². The molecule has 0 saturated carbocycles. The first kappa shape index (κ1) is 34.3. The topological polar surface area (TPSA) is 44.9 Å². The van der Waals surface area contributed by atoms with Gasteiger partial charge in [-0.3, -0.25) is 4.57 Å². The highest BCUT2D eigenvalue weighted by atomic mass is 16.5. The van der Waals surface area contributed by atoms with E-state index in [4.69, 9.17) is 14.8 Å². The fourth-order valence-electron chi connectivity index (χ4n) is 7.68. The second-order valence-corrected chi connectivity index (χ2v) is 15.3. The molecule has 3 heterocycles. The van der Waals surface area contributed by atoms with Gasteiger partial charge in [0.2, 0.25) is 0 Å². The summed E-state index contributed by atoms with van der Waals surface area (Å²) >= 11 is 0. The number of hydrogen-bond acceptors (Lipinski definition) is 3. The Morgan fingerprint density at radius 1 is 0.647 bits per heavy atom. The zero-order chi connectivity index (χ0) is 36.1. The third-order valence-electron chi connectivity index (χ3n) is 10.2. The van der Waals surface area contributed by atoms with Crippen LogP contribution in [0.3, 0.4) is 0 Å². The van der Waals surface area contributed by atoms with Crippen LogP contribution < -0.4 is 4.74 Å². The average molecular weight is 675 g/mol. The van der Waals surface area contributed by atoms with Crippen molar-refractivity contribution in [2.24, 2.45) is 5.92 Å². The molecule has 5 heteroatoms. The van der Waals surface area contributed by atoms with Gasteiger partial charge >= 0.3 is 0 Å². The monoisotopic (exact) mass is 674 g/mol. The van der Waals surface area contributed by atoms with Gasteiger partial charge in [-0.25, -0.2) is 9.67 Å². The van der Waals surface area contributed by atoms with Crippen LogP contribution in [0.2, 0.25) is 0 Å². The Hall–Kier alpha value is -5.16. The molecule has 0 aliphatic carbocycles. The van der Waals surface area contributed by atoms with E-state index in [1.165, 1.54) is 49.7 Å². The van der Waals surface area contributed by atoms with Gasteiger partial charge in [-0.2, -0.15) is 5.10 Å². The quantitative estimate of drug-likeness (QED) is 0.153. The van der Waals surface area contributed by atoms with E-state index in [0.29, 0.717) is 17.8 Å². The Morgan fingerprint density at radius 3 is 2.04 bits per heavy atom. The number of aryl methyl sites for hydroxylation is 3. The molecule has 0 spiro atoms. The van der Waals surface area contributed by atoms with Crippen molar-refractivity contribution in [3.8, 4) is 34.1 Å². The van der Waals surface area contributed by atoms with E-state index in [0.717, 1.165) is 51.8 Å². The van der Waals surface area contributed by atoms with Crippen LogP contribution in [-0.4, -0.2) is 19.3 Å². The highest BCUT2D eigenvalue weighted by molar-refractivity contribution is 6.09. The minimum Gasteiger partial charge on any atom is -0.457 e. The number of benzene rings is 4. The van der Waals surface area contributed by atoms with Gasteiger partial charge in [0.05, 0.1) is 22.4 Å². The first-order valence-corrected chi connectivity index (χ1v) is 18.4. The molecule has 0 unspecified atom stereocenters. The molecular formula is C46H50N4O. The van der Waals surface area contributed by atoms with E-state index in [1.54, 1.807) is 0 Å². The first-order chi connectivity index (χ1) is 24.4. The molecular weight excluding hydrogens is 625 g/mol. The van der Waals surface area contributed by atoms with E-state index in [2.05, 4.69) is 163 Å². The Labute approximate surface area is 302 Å². The molecule has 7 rings (SSSR count). The van der Waals surface area contributed by atoms with Gasteiger partial charge in [0.15, 0.2) is 0 Å². The summed E-state index contributed by atoms with van der Waals surface area (Å²) in [6.45, 7) is 22.2. The summed E-state index contributed by atoms with van der Waals surface area (Å²) in [5.74, 6) is 3.85. The van der Waals surface area contributed by atoms with Gasteiger partial charge in [-0.05, 0) is 128 Å². The molecule has 0 saturated heterocycles. The molecule has 0 radical (unpaired) electrons. The lowest BCUT2D eigenvalue weighted by Gasteiger charge is -2.16. The molecule has 0 bridgehead atoms. The lowest BCUT2D eigenvalue weighted by Crippen LogP contribution is -2.02. The van der Waals surface area contributed by atoms with Crippen molar-refractivity contribution in [1.29, 1.82) is 0 Å². The maximum absolute atomic E-state index is 6.76. The zero-order valence-electron chi connectivity index (χ0n) is 31.8. The molecule has 3 aromatic heterocycles. The van der Waals surface area contributed by atoms with Crippen LogP contribution in [0.25, 0.3) is 44.4 Å². The van der Waals surface area contributed by atoms with Crippen LogP contribution in [0.4, 0.5) is 0 Å². The summed E-state index contributed by atoms with van der Waals surface area (Å²) in [7, 11) is 0. The van der Waals surface area contributed by atoms with Gasteiger partial charge in [0.1, 0.15) is 17.3 Å². The van der Waals surface area contributed by atoms with Crippen molar-refractivity contribution in [2.45, 2.75) is 87.5 Å². The molecule has 260 valence electrons. The number of pyridine rings is 1. The first-order valence-electron chi connectivity index (χ1n) is 18.4. The van der Waals surface area contributed by atoms with Crippen LogP contribution in [0, 0.1) is 33.6 Å². The number of ether oxygens (including phenoxy) is 1. The minimum atomic E-state index is 0.311. The van der Waals surface area contributed by atoms with Gasteiger partial charge in [-0.15, -0.1) is 0 Å². The Bertz CT molecular complexity index is 2380. The molecule has 0 aliphatic rings. The number of rotatable bonds is 9. The molecule has 0 fully saturated rings. The molecule has 0 atom stereocenters. The number of hydrogen-bond donors (Lipinski definition) is 0. The van der Waals surface area contributed by atoms with Crippen molar-refractivity contribution in [2.75, 3.05) is 0 Å². The standard InChI is InChI=1S/C46H50N4O/c1-27(2)19-34-17-18-47-44(22-34)49-42-14-12-11-13-40(42)41-16-15-38(26-43(41)49)51-39-24-36(29(5)6)23-37(25-39)50-33(10)46(32(9)48-50)45-30(7)20-35(28(3)4)21-31(45)8/h11-18,20-29H,19H2,1-10H3. The summed E-state index contributed by atoms with van der Waals surface area (Å²) in [5, 5.41) is 7.50. The van der Waals surface area contributed by atoms with E-state index < -0.39 is 0 Å². The maximum atomic E-state index is 6.76. The predicted octanol–water partition coefficient (Wildman–Crippen LogP) is 12.5. The lowest BCUT2D eigenvalue weighted by atomic mass is 9.89. The summed E-state index contributed by atoms with van der Waals surface area (Å²) in [4.78, 5) is 4.85. The van der Waals surface area contributed by atoms with E-state index in [1.807, 2.05) is 6.20 Å². The number of nitrogens with zero attached hydrogens (tertiary/aromatic N) is 4. The van der Waals surface area contributed by atoms with E-state index >= 15 is 0 Å². The average Bonchev–Trinajstić information content (AvgIpc) is 3.56. The molecule has 0 aliphatic heterocycles. The molecule has 7 aromatic rings. The summed E-state index contributed by atoms with van der Waals surface area (Å²) in [5.41, 5.74) is 14.3. The van der Waals surface area contributed by atoms with Crippen molar-refractivity contribution >= 4 is 21.8 Å². The summed E-state index contributed by atoms with van der Waals surface area (Å²) in [6, 6.07) is 30.5. The van der Waals surface area contributed by atoms with Crippen LogP contribution in [-0.2, 0) is 6.42 Å². The SMILES string of the molecule is Cc1cc(C(C)C)cc(C)c1-c1c(C)nn(-c2cc(Oc3ccc4c5ccccc5n(-c5cc(CC(C)C)ccn5)c4c3)cc(C(C)C)c2)c1C. The highest BCUT2D eigenvalue weighted by Crippen LogP contribution is 2.39. The molecule has 0 N–H and O–H groups in total. The third kappa shape index (κ3) is 6.46. The van der Waals surface area contributed by atoms with Gasteiger partial charge < -0.3 is 4.74 Å². The maximum Gasteiger partial charge on any atom is 0.137 e. The minimum absolute atomic E-state index is 0.311. The van der Waals surface area contributed by atoms with Crippen molar-refractivity contribution < 1.29 is 4.74 Å². The van der Waals surface area contributed by atoms with Crippen LogP contribution in [0.15, 0.2) is 91.1 Å². The van der Waals surface area contributed by atoms with Crippen molar-refractivity contribution in [3.05, 3.63) is 130 Å². The van der Waals surface area contributed by atoms with Crippen LogP contribution >= 0.6 is 0 Å². The van der Waals surface area contributed by atoms with Gasteiger partial charge in [0, 0.05) is 40.4 Å². The van der Waals surface area contributed by atoms with E-state index in [9.17, 15) is 0 Å². The van der Waals surface area contributed by atoms with Crippen LogP contribution in [0.1, 0.15) is 92.6 Å². The lowest BCUT2D eigenvalue weighted by molar-refractivity contribution is 0.481. The Morgan fingerprint density at radius 2 is 1.33 bits per heavy atom. The number of aromatic nitrogens is 4.